The summed E-state index contributed by atoms with van der Waals surface area (Å²) in [6, 6.07) is 13.3. The SMILES string of the molecule is Cc1ccc(-c2nc(CSCC(=O)N3CCN(c4cccc(C(F)(F)F)c4)CC3)c(C)o2)cc1. The molecule has 1 aliphatic heterocycles. The molecule has 34 heavy (non-hydrogen) atoms. The molecule has 180 valence electrons. The average molecular weight is 490 g/mol. The first-order valence-electron chi connectivity index (χ1n) is 11.0. The van der Waals surface area contributed by atoms with E-state index in [1.807, 2.05) is 43.0 Å². The number of nitrogens with zero attached hydrogens (tertiary/aromatic N) is 3. The van der Waals surface area contributed by atoms with Crippen LogP contribution in [0.15, 0.2) is 52.9 Å². The predicted octanol–water partition coefficient (Wildman–Crippen LogP) is 5.56. The van der Waals surface area contributed by atoms with Gasteiger partial charge in [0, 0.05) is 43.2 Å². The summed E-state index contributed by atoms with van der Waals surface area (Å²) < 4.78 is 44.8. The predicted molar refractivity (Wildman–Crippen MR) is 128 cm³/mol. The van der Waals surface area contributed by atoms with Gasteiger partial charge in [0.1, 0.15) is 5.76 Å². The van der Waals surface area contributed by atoms with Gasteiger partial charge >= 0.3 is 6.18 Å². The third-order valence-corrected chi connectivity index (χ3v) is 6.76. The third kappa shape index (κ3) is 5.75. The molecule has 9 heteroatoms. The number of carbonyl (C=O) groups is 1. The summed E-state index contributed by atoms with van der Waals surface area (Å²) in [6.07, 6.45) is -4.37. The Bertz CT molecular complexity index is 1140. The Morgan fingerprint density at radius 2 is 1.76 bits per heavy atom. The molecule has 3 aromatic rings. The number of anilines is 1. The maximum Gasteiger partial charge on any atom is 0.416 e. The van der Waals surface area contributed by atoms with E-state index in [4.69, 9.17) is 4.42 Å². The van der Waals surface area contributed by atoms with E-state index in [1.54, 1.807) is 11.0 Å². The van der Waals surface area contributed by atoms with E-state index in [9.17, 15) is 18.0 Å². The summed E-state index contributed by atoms with van der Waals surface area (Å²) in [5.41, 5.74) is 2.77. The van der Waals surface area contributed by atoms with Crippen LogP contribution in [-0.4, -0.2) is 47.7 Å². The number of piperazine rings is 1. The number of rotatable bonds is 6. The second kappa shape index (κ2) is 10.1. The first-order chi connectivity index (χ1) is 16.2. The Labute approximate surface area is 201 Å². The quantitative estimate of drug-likeness (QED) is 0.454. The van der Waals surface area contributed by atoms with Crippen molar-refractivity contribution in [2.24, 2.45) is 0 Å². The van der Waals surface area contributed by atoms with Gasteiger partial charge in [0.05, 0.1) is 17.0 Å². The highest BCUT2D eigenvalue weighted by Crippen LogP contribution is 2.32. The van der Waals surface area contributed by atoms with Crippen LogP contribution >= 0.6 is 11.8 Å². The summed E-state index contributed by atoms with van der Waals surface area (Å²) in [5, 5.41) is 0. The lowest BCUT2D eigenvalue weighted by Gasteiger charge is -2.36. The van der Waals surface area contributed by atoms with Gasteiger partial charge < -0.3 is 14.2 Å². The van der Waals surface area contributed by atoms with Gasteiger partial charge in [0.25, 0.3) is 0 Å². The van der Waals surface area contributed by atoms with E-state index in [2.05, 4.69) is 4.98 Å². The van der Waals surface area contributed by atoms with Gasteiger partial charge in [-0.1, -0.05) is 23.8 Å². The largest absolute Gasteiger partial charge is 0.441 e. The molecule has 1 amide bonds. The maximum atomic E-state index is 13.0. The molecule has 0 atom stereocenters. The van der Waals surface area contributed by atoms with Crippen molar-refractivity contribution in [3.05, 3.63) is 71.1 Å². The number of oxazole rings is 1. The molecular formula is C25H26F3N3O2S. The van der Waals surface area contributed by atoms with Crippen molar-refractivity contribution < 1.29 is 22.4 Å². The molecule has 5 nitrogen and oxygen atoms in total. The number of aromatic nitrogens is 1. The molecule has 1 fully saturated rings. The number of alkyl halides is 3. The lowest BCUT2D eigenvalue weighted by atomic mass is 10.1. The fourth-order valence-corrected chi connectivity index (χ4v) is 4.72. The number of hydrogen-bond acceptors (Lipinski definition) is 5. The summed E-state index contributed by atoms with van der Waals surface area (Å²) >= 11 is 1.48. The van der Waals surface area contributed by atoms with E-state index >= 15 is 0 Å². The molecule has 0 spiro atoms. The van der Waals surface area contributed by atoms with Crippen LogP contribution in [0.1, 0.15) is 22.6 Å². The Balaban J connectivity index is 1.26. The highest BCUT2D eigenvalue weighted by Gasteiger charge is 2.31. The van der Waals surface area contributed by atoms with Gasteiger partial charge in [-0.15, -0.1) is 11.8 Å². The molecule has 1 aliphatic rings. The van der Waals surface area contributed by atoms with Crippen LogP contribution in [-0.2, 0) is 16.7 Å². The van der Waals surface area contributed by atoms with Gasteiger partial charge in [0.15, 0.2) is 0 Å². The van der Waals surface area contributed by atoms with Gasteiger partial charge in [-0.2, -0.15) is 13.2 Å². The zero-order valence-corrected chi connectivity index (χ0v) is 19.9. The number of carbonyl (C=O) groups excluding carboxylic acids is 1. The molecule has 4 rings (SSSR count). The summed E-state index contributed by atoms with van der Waals surface area (Å²) in [6.45, 7) is 5.86. The molecule has 2 heterocycles. The van der Waals surface area contributed by atoms with Crippen molar-refractivity contribution in [2.45, 2.75) is 25.8 Å². The number of benzene rings is 2. The molecule has 0 radical (unpaired) electrons. The molecule has 1 aromatic heterocycles. The van der Waals surface area contributed by atoms with Gasteiger partial charge in [-0.25, -0.2) is 4.98 Å². The Morgan fingerprint density at radius 1 is 1.06 bits per heavy atom. The molecule has 0 N–H and O–H groups in total. The summed E-state index contributed by atoms with van der Waals surface area (Å²) in [7, 11) is 0. The fraction of sp³-hybridized carbons (Fsp3) is 0.360. The zero-order valence-electron chi connectivity index (χ0n) is 19.1. The topological polar surface area (TPSA) is 49.6 Å². The van der Waals surface area contributed by atoms with Crippen LogP contribution < -0.4 is 4.90 Å². The monoisotopic (exact) mass is 489 g/mol. The van der Waals surface area contributed by atoms with Crippen molar-refractivity contribution in [1.82, 2.24) is 9.88 Å². The summed E-state index contributed by atoms with van der Waals surface area (Å²) in [4.78, 5) is 20.9. The number of hydrogen-bond donors (Lipinski definition) is 0. The smallest absolute Gasteiger partial charge is 0.416 e. The van der Waals surface area contributed by atoms with Crippen LogP contribution in [0.3, 0.4) is 0 Å². The number of thioether (sulfide) groups is 1. The Hall–Kier alpha value is -2.94. The first-order valence-corrected chi connectivity index (χ1v) is 12.2. The van der Waals surface area contributed by atoms with Gasteiger partial charge in [-0.05, 0) is 44.2 Å². The minimum atomic E-state index is -4.37. The Morgan fingerprint density at radius 3 is 2.44 bits per heavy atom. The molecular weight excluding hydrogens is 463 g/mol. The maximum absolute atomic E-state index is 13.0. The van der Waals surface area contributed by atoms with Crippen LogP contribution in [0.4, 0.5) is 18.9 Å². The Kier molecular flexibility index (Phi) is 7.21. The number of halogens is 3. The van der Waals surface area contributed by atoms with Crippen LogP contribution in [0, 0.1) is 13.8 Å². The minimum Gasteiger partial charge on any atom is -0.441 e. The van der Waals surface area contributed by atoms with Gasteiger partial charge in [-0.3, -0.25) is 4.79 Å². The normalized spacial score (nSPS) is 14.5. The van der Waals surface area contributed by atoms with Crippen molar-refractivity contribution in [2.75, 3.05) is 36.8 Å². The van der Waals surface area contributed by atoms with Crippen LogP contribution in [0.2, 0.25) is 0 Å². The zero-order chi connectivity index (χ0) is 24.3. The minimum absolute atomic E-state index is 0.0219. The lowest BCUT2D eigenvalue weighted by Crippen LogP contribution is -2.49. The van der Waals surface area contributed by atoms with Crippen molar-refractivity contribution >= 4 is 23.4 Å². The van der Waals surface area contributed by atoms with Crippen LogP contribution in [0.25, 0.3) is 11.5 Å². The van der Waals surface area contributed by atoms with E-state index < -0.39 is 11.7 Å². The lowest BCUT2D eigenvalue weighted by molar-refractivity contribution is -0.137. The molecule has 2 aromatic carbocycles. The third-order valence-electron chi connectivity index (χ3n) is 5.83. The second-order valence-corrected chi connectivity index (χ2v) is 9.28. The van der Waals surface area contributed by atoms with Crippen molar-refractivity contribution in [1.29, 1.82) is 0 Å². The van der Waals surface area contributed by atoms with E-state index in [0.717, 1.165) is 28.6 Å². The van der Waals surface area contributed by atoms with E-state index in [-0.39, 0.29) is 5.91 Å². The first kappa shape index (κ1) is 24.2. The molecule has 0 bridgehead atoms. The average Bonchev–Trinajstić information content (AvgIpc) is 3.19. The molecule has 1 saturated heterocycles. The number of aryl methyl sites for hydroxylation is 2. The number of amides is 1. The molecule has 0 saturated carbocycles. The fourth-order valence-electron chi connectivity index (χ4n) is 3.80. The van der Waals surface area contributed by atoms with E-state index in [1.165, 1.54) is 23.9 Å². The van der Waals surface area contributed by atoms with Gasteiger partial charge in [0.2, 0.25) is 11.8 Å². The second-order valence-electron chi connectivity index (χ2n) is 8.30. The highest BCUT2D eigenvalue weighted by atomic mass is 32.2. The van der Waals surface area contributed by atoms with Crippen LogP contribution in [0.5, 0.6) is 0 Å². The summed E-state index contributed by atoms with van der Waals surface area (Å²) in [5.74, 6) is 2.22. The van der Waals surface area contributed by atoms with Crippen molar-refractivity contribution in [3.8, 4) is 11.5 Å². The highest BCUT2D eigenvalue weighted by molar-refractivity contribution is 7.99. The molecule has 0 unspecified atom stereocenters. The molecule has 0 aliphatic carbocycles. The standard InChI is InChI=1S/C25H26F3N3O2S/c1-17-6-8-19(9-7-17)24-29-22(18(2)33-24)15-34-16-23(32)31-12-10-30(11-13-31)21-5-3-4-20(14-21)25(26,27)28/h3-9,14H,10-13,15-16H2,1-2H3. The van der Waals surface area contributed by atoms with Crippen molar-refractivity contribution in [3.63, 3.8) is 0 Å². The van der Waals surface area contributed by atoms with E-state index in [0.29, 0.717) is 49.3 Å².